The third-order valence-corrected chi connectivity index (χ3v) is 3.55. The van der Waals surface area contributed by atoms with Crippen molar-refractivity contribution in [3.63, 3.8) is 0 Å². The molecule has 0 spiro atoms. The molecular formula is C24H26O10. The summed E-state index contributed by atoms with van der Waals surface area (Å²) in [7, 11) is 0. The van der Waals surface area contributed by atoms with Gasteiger partial charge in [0.1, 0.15) is 0 Å². The van der Waals surface area contributed by atoms with Crippen LogP contribution in [0.5, 0.6) is 0 Å². The van der Waals surface area contributed by atoms with Crippen LogP contribution in [0.25, 0.3) is 0 Å². The molecule has 2 N–H and O–H groups in total. The van der Waals surface area contributed by atoms with Crippen LogP contribution in [-0.2, 0) is 19.0 Å². The maximum Gasteiger partial charge on any atom is 0.338 e. The monoisotopic (exact) mass is 474 g/mol. The molecule has 0 fully saturated rings. The van der Waals surface area contributed by atoms with Crippen molar-refractivity contribution < 1.29 is 48.4 Å². The van der Waals surface area contributed by atoms with Crippen molar-refractivity contribution in [1.82, 2.24) is 0 Å². The maximum absolute atomic E-state index is 11.5. The minimum Gasteiger partial charge on any atom is -0.478 e. The molecule has 0 radical (unpaired) electrons. The van der Waals surface area contributed by atoms with Crippen molar-refractivity contribution in [3.8, 4) is 0 Å². The van der Waals surface area contributed by atoms with E-state index in [1.165, 1.54) is 31.2 Å². The summed E-state index contributed by atoms with van der Waals surface area (Å²) in [5.41, 5.74) is 0.0978. The lowest BCUT2D eigenvalue weighted by molar-refractivity contribution is -0.135. The molecule has 182 valence electrons. The number of benzene rings is 2. The highest BCUT2D eigenvalue weighted by Crippen LogP contribution is 2.12. The van der Waals surface area contributed by atoms with Crippen molar-refractivity contribution in [2.45, 2.75) is 20.8 Å². The number of carbonyl (C=O) groups is 5. The molecule has 0 saturated heterocycles. The van der Waals surface area contributed by atoms with E-state index in [4.69, 9.17) is 19.7 Å². The Bertz CT molecular complexity index is 940. The van der Waals surface area contributed by atoms with Gasteiger partial charge < -0.3 is 24.4 Å². The highest BCUT2D eigenvalue weighted by Gasteiger charge is 2.18. The zero-order valence-corrected chi connectivity index (χ0v) is 19.0. The van der Waals surface area contributed by atoms with Gasteiger partial charge in [-0.3, -0.25) is 4.79 Å². The summed E-state index contributed by atoms with van der Waals surface area (Å²) in [6, 6.07) is 11.9. The summed E-state index contributed by atoms with van der Waals surface area (Å²) in [6.07, 6.45) is 1.10. The number of rotatable bonds is 7. The fourth-order valence-corrected chi connectivity index (χ4v) is 2.23. The summed E-state index contributed by atoms with van der Waals surface area (Å²) in [4.78, 5) is 53.8. The molecule has 0 aliphatic carbocycles. The molecule has 0 aliphatic heterocycles. The smallest absolute Gasteiger partial charge is 0.338 e. The zero-order chi connectivity index (χ0) is 26.1. The number of carboxylic acid groups (broad SMARTS) is 2. The molecule has 0 aliphatic rings. The molecule has 2 aromatic carbocycles. The van der Waals surface area contributed by atoms with Gasteiger partial charge in [0.15, 0.2) is 0 Å². The first kappa shape index (κ1) is 29.5. The summed E-state index contributed by atoms with van der Waals surface area (Å²) in [5, 5.41) is 17.1. The molecule has 10 heteroatoms. The Hall–Kier alpha value is -4.47. The molecule has 0 saturated carbocycles. The van der Waals surface area contributed by atoms with E-state index in [1.54, 1.807) is 38.1 Å². The Kier molecular flexibility index (Phi) is 14.1. The van der Waals surface area contributed by atoms with Gasteiger partial charge in [-0.1, -0.05) is 30.8 Å². The van der Waals surface area contributed by atoms with Crippen LogP contribution in [0.3, 0.4) is 0 Å². The normalized spacial score (nSPS) is 9.03. The average molecular weight is 474 g/mol. The van der Waals surface area contributed by atoms with Crippen LogP contribution in [0.2, 0.25) is 0 Å². The average Bonchev–Trinajstić information content (AvgIpc) is 2.80. The third kappa shape index (κ3) is 10.7. The van der Waals surface area contributed by atoms with Crippen molar-refractivity contribution in [1.29, 1.82) is 0 Å². The van der Waals surface area contributed by atoms with Crippen LogP contribution >= 0.6 is 0 Å². The van der Waals surface area contributed by atoms with Gasteiger partial charge in [-0.2, -0.15) is 0 Å². The SMILES string of the molecule is C=COC(C)=O.CCOC(=O)c1ccccc1C(=O)OCC.O=C(O)c1ccccc1C(=O)O. The van der Waals surface area contributed by atoms with Crippen molar-refractivity contribution in [2.24, 2.45) is 0 Å². The minimum absolute atomic E-state index is 0.190. The molecule has 0 bridgehead atoms. The Morgan fingerprint density at radius 3 is 1.26 bits per heavy atom. The van der Waals surface area contributed by atoms with Gasteiger partial charge in [0.2, 0.25) is 0 Å². The lowest BCUT2D eigenvalue weighted by atomic mass is 10.1. The maximum atomic E-state index is 11.5. The molecule has 0 unspecified atom stereocenters. The van der Waals surface area contributed by atoms with Crippen LogP contribution in [0.1, 0.15) is 62.2 Å². The van der Waals surface area contributed by atoms with Crippen LogP contribution < -0.4 is 0 Å². The van der Waals surface area contributed by atoms with Crippen molar-refractivity contribution >= 4 is 29.8 Å². The van der Waals surface area contributed by atoms with Gasteiger partial charge in [-0.15, -0.1) is 0 Å². The summed E-state index contributed by atoms with van der Waals surface area (Å²) in [5.74, 6) is -3.80. The standard InChI is InChI=1S/C12H14O4.C8H6O4.C4H6O2/c1-3-15-11(13)9-7-5-6-8-10(9)12(14)16-4-2;9-7(10)5-3-1-2-4-6(5)8(11)12;1-3-6-4(2)5/h5-8H,3-4H2,1-2H3;1-4H,(H,9,10)(H,11,12);3H,1H2,2H3. The fraction of sp³-hybridized carbons (Fsp3) is 0.208. The van der Waals surface area contributed by atoms with Gasteiger partial charge in [0.05, 0.1) is 41.7 Å². The summed E-state index contributed by atoms with van der Waals surface area (Å²) >= 11 is 0. The van der Waals surface area contributed by atoms with Crippen LogP contribution in [-0.4, -0.2) is 53.3 Å². The predicted molar refractivity (Wildman–Crippen MR) is 121 cm³/mol. The first-order valence-corrected chi connectivity index (χ1v) is 9.87. The number of hydrogen-bond donors (Lipinski definition) is 2. The predicted octanol–water partition coefficient (Wildman–Crippen LogP) is 3.82. The topological polar surface area (TPSA) is 154 Å². The third-order valence-electron chi connectivity index (χ3n) is 3.55. The second-order valence-corrected chi connectivity index (χ2v) is 5.92. The van der Waals surface area contributed by atoms with Gasteiger partial charge >= 0.3 is 29.8 Å². The molecule has 0 atom stereocenters. The molecule has 10 nitrogen and oxygen atoms in total. The highest BCUT2D eigenvalue weighted by molar-refractivity contribution is 6.03. The van der Waals surface area contributed by atoms with Gasteiger partial charge in [-0.05, 0) is 38.1 Å². The largest absolute Gasteiger partial charge is 0.478 e. The first-order valence-electron chi connectivity index (χ1n) is 9.87. The van der Waals surface area contributed by atoms with Crippen molar-refractivity contribution in [3.05, 3.63) is 83.6 Å². The van der Waals surface area contributed by atoms with E-state index in [1.807, 2.05) is 0 Å². The molecule has 0 amide bonds. The quantitative estimate of drug-likeness (QED) is 0.344. The fourth-order valence-electron chi connectivity index (χ4n) is 2.23. The number of aromatic carboxylic acids is 2. The van der Waals surface area contributed by atoms with E-state index < -0.39 is 23.9 Å². The van der Waals surface area contributed by atoms with E-state index in [2.05, 4.69) is 11.3 Å². The summed E-state index contributed by atoms with van der Waals surface area (Å²) < 4.78 is 13.9. The molecular weight excluding hydrogens is 448 g/mol. The van der Waals surface area contributed by atoms with Crippen LogP contribution in [0.15, 0.2) is 61.4 Å². The van der Waals surface area contributed by atoms with Gasteiger partial charge in [0, 0.05) is 6.92 Å². The number of hydrogen-bond acceptors (Lipinski definition) is 8. The zero-order valence-electron chi connectivity index (χ0n) is 19.0. The van der Waals surface area contributed by atoms with E-state index in [-0.39, 0.29) is 41.4 Å². The summed E-state index contributed by atoms with van der Waals surface area (Å²) in [6.45, 7) is 8.45. The van der Waals surface area contributed by atoms with Crippen LogP contribution in [0.4, 0.5) is 0 Å². The molecule has 2 rings (SSSR count). The Morgan fingerprint density at radius 1 is 0.735 bits per heavy atom. The number of carboxylic acids is 2. The Balaban J connectivity index is 0.000000532. The second-order valence-electron chi connectivity index (χ2n) is 5.92. The van der Waals surface area contributed by atoms with E-state index in [0.717, 1.165) is 6.26 Å². The number of ether oxygens (including phenoxy) is 3. The number of esters is 3. The van der Waals surface area contributed by atoms with E-state index >= 15 is 0 Å². The number of carbonyl (C=O) groups excluding carboxylic acids is 3. The van der Waals surface area contributed by atoms with Gasteiger partial charge in [-0.25, -0.2) is 19.2 Å². The molecule has 0 aromatic heterocycles. The molecule has 34 heavy (non-hydrogen) atoms. The van der Waals surface area contributed by atoms with E-state index in [0.29, 0.717) is 0 Å². The minimum atomic E-state index is -1.23. The Morgan fingerprint density at radius 2 is 1.06 bits per heavy atom. The lowest BCUT2D eigenvalue weighted by Gasteiger charge is -2.07. The molecule has 0 heterocycles. The van der Waals surface area contributed by atoms with Crippen LogP contribution in [0, 0.1) is 0 Å². The molecule has 2 aromatic rings. The second kappa shape index (κ2) is 16.2. The highest BCUT2D eigenvalue weighted by atomic mass is 16.5. The van der Waals surface area contributed by atoms with Gasteiger partial charge in [0.25, 0.3) is 0 Å². The lowest BCUT2D eigenvalue weighted by Crippen LogP contribution is -2.13. The first-order chi connectivity index (χ1) is 16.1. The van der Waals surface area contributed by atoms with E-state index in [9.17, 15) is 24.0 Å². The van der Waals surface area contributed by atoms with Crippen molar-refractivity contribution in [2.75, 3.05) is 13.2 Å². The Labute approximate surface area is 196 Å².